The lowest BCUT2D eigenvalue weighted by molar-refractivity contribution is 0.0951. The summed E-state index contributed by atoms with van der Waals surface area (Å²) in [6, 6.07) is 15.6. The molecule has 0 heterocycles. The zero-order valence-corrected chi connectivity index (χ0v) is 15.7. The fraction of sp³-hybridized carbons (Fsp3) is 0.278. The first-order valence-corrected chi connectivity index (χ1v) is 9.02. The van der Waals surface area contributed by atoms with E-state index in [4.69, 9.17) is 5.73 Å². The third-order valence-corrected chi connectivity index (χ3v) is 5.07. The summed E-state index contributed by atoms with van der Waals surface area (Å²) in [5.41, 5.74) is 7.25. The summed E-state index contributed by atoms with van der Waals surface area (Å²) in [5.74, 6) is -0.0574. The summed E-state index contributed by atoms with van der Waals surface area (Å²) < 4.78 is 0.967. The molecule has 2 aromatic rings. The number of amides is 1. The molecule has 0 saturated carbocycles. The van der Waals surface area contributed by atoms with E-state index < -0.39 is 0 Å². The largest absolute Gasteiger partial charge is 0.351 e. The fourth-order valence-electron chi connectivity index (χ4n) is 2.05. The lowest BCUT2D eigenvalue weighted by Gasteiger charge is -2.24. The summed E-state index contributed by atoms with van der Waals surface area (Å²) in [6.07, 6.45) is 0. The second-order valence-electron chi connectivity index (χ2n) is 5.90. The maximum absolute atomic E-state index is 12.2. The second-order valence-corrected chi connectivity index (χ2v) is 8.60. The molecular weight excluding hydrogens is 372 g/mol. The van der Waals surface area contributed by atoms with Gasteiger partial charge in [0.1, 0.15) is 0 Å². The highest BCUT2D eigenvalue weighted by Gasteiger charge is 2.20. The predicted molar refractivity (Wildman–Crippen MR) is 101 cm³/mol. The van der Waals surface area contributed by atoms with Gasteiger partial charge in [0.2, 0.25) is 0 Å². The summed E-state index contributed by atoms with van der Waals surface area (Å²) in [6.45, 7) is 5.32. The SMILES string of the molecule is CC(C)(CNC(=O)c1ccc(CN)cc1)Sc1ccc(Br)cc1. The van der Waals surface area contributed by atoms with Crippen molar-refractivity contribution in [1.82, 2.24) is 5.32 Å². The van der Waals surface area contributed by atoms with Gasteiger partial charge >= 0.3 is 0 Å². The molecule has 0 aromatic heterocycles. The van der Waals surface area contributed by atoms with Crippen LogP contribution in [0.3, 0.4) is 0 Å². The molecule has 5 heteroatoms. The van der Waals surface area contributed by atoms with E-state index in [1.807, 2.05) is 36.4 Å². The number of thioether (sulfide) groups is 1. The smallest absolute Gasteiger partial charge is 0.251 e. The Labute approximate surface area is 150 Å². The van der Waals surface area contributed by atoms with Crippen molar-refractivity contribution in [1.29, 1.82) is 0 Å². The molecule has 2 rings (SSSR count). The van der Waals surface area contributed by atoms with Crippen LogP contribution in [0, 0.1) is 0 Å². The highest BCUT2D eigenvalue weighted by Crippen LogP contribution is 2.32. The molecule has 0 unspecified atom stereocenters. The van der Waals surface area contributed by atoms with Crippen LogP contribution in [-0.4, -0.2) is 17.2 Å². The van der Waals surface area contributed by atoms with E-state index in [0.717, 1.165) is 10.0 Å². The minimum absolute atomic E-state index is 0.0574. The number of halogens is 1. The van der Waals surface area contributed by atoms with Crippen LogP contribution in [0.25, 0.3) is 0 Å². The van der Waals surface area contributed by atoms with Gasteiger partial charge in [0.05, 0.1) is 0 Å². The number of rotatable bonds is 6. The average Bonchev–Trinajstić information content (AvgIpc) is 2.55. The maximum atomic E-state index is 12.2. The number of nitrogens with one attached hydrogen (secondary N) is 1. The Morgan fingerprint density at radius 3 is 2.30 bits per heavy atom. The molecule has 2 aromatic carbocycles. The van der Waals surface area contributed by atoms with Crippen molar-refractivity contribution >= 4 is 33.6 Å². The molecule has 3 N–H and O–H groups in total. The van der Waals surface area contributed by atoms with Gasteiger partial charge in [-0.05, 0) is 55.8 Å². The van der Waals surface area contributed by atoms with Crippen LogP contribution in [0.5, 0.6) is 0 Å². The Kier molecular flexibility index (Phi) is 6.27. The number of carbonyl (C=O) groups is 1. The van der Waals surface area contributed by atoms with Crippen LogP contribution >= 0.6 is 27.7 Å². The molecule has 1 amide bonds. The number of nitrogens with two attached hydrogens (primary N) is 1. The predicted octanol–water partition coefficient (Wildman–Crippen LogP) is 4.21. The minimum atomic E-state index is -0.0965. The van der Waals surface area contributed by atoms with Gasteiger partial charge in [-0.15, -0.1) is 11.8 Å². The van der Waals surface area contributed by atoms with E-state index in [9.17, 15) is 4.79 Å². The Balaban J connectivity index is 1.92. The molecule has 0 spiro atoms. The number of carbonyl (C=O) groups excluding carboxylic acids is 1. The van der Waals surface area contributed by atoms with E-state index in [-0.39, 0.29) is 10.7 Å². The topological polar surface area (TPSA) is 55.1 Å². The van der Waals surface area contributed by atoms with Crippen molar-refractivity contribution in [2.24, 2.45) is 5.73 Å². The number of hydrogen-bond donors (Lipinski definition) is 2. The fourth-order valence-corrected chi connectivity index (χ4v) is 3.36. The molecular formula is C18H21BrN2OS. The van der Waals surface area contributed by atoms with E-state index in [1.165, 1.54) is 4.90 Å². The Hall–Kier alpha value is -1.30. The monoisotopic (exact) mass is 392 g/mol. The Morgan fingerprint density at radius 2 is 1.74 bits per heavy atom. The van der Waals surface area contributed by atoms with Crippen molar-refractivity contribution in [2.75, 3.05) is 6.54 Å². The molecule has 0 bridgehead atoms. The lowest BCUT2D eigenvalue weighted by Crippen LogP contribution is -2.36. The first kappa shape index (κ1) is 18.0. The zero-order valence-electron chi connectivity index (χ0n) is 13.3. The molecule has 0 saturated heterocycles. The van der Waals surface area contributed by atoms with Crippen LogP contribution in [0.1, 0.15) is 29.8 Å². The van der Waals surface area contributed by atoms with Crippen molar-refractivity contribution in [3.8, 4) is 0 Å². The molecule has 23 heavy (non-hydrogen) atoms. The summed E-state index contributed by atoms with van der Waals surface area (Å²) in [4.78, 5) is 13.4. The zero-order chi connectivity index (χ0) is 16.9. The summed E-state index contributed by atoms with van der Waals surface area (Å²) in [7, 11) is 0. The molecule has 122 valence electrons. The van der Waals surface area contributed by atoms with Gasteiger partial charge < -0.3 is 11.1 Å². The first-order chi connectivity index (χ1) is 10.9. The van der Waals surface area contributed by atoms with Gasteiger partial charge in [-0.25, -0.2) is 0 Å². The van der Waals surface area contributed by atoms with Crippen LogP contribution in [0.2, 0.25) is 0 Å². The molecule has 0 atom stereocenters. The normalized spacial score (nSPS) is 11.3. The quantitative estimate of drug-likeness (QED) is 0.723. The van der Waals surface area contributed by atoms with Crippen LogP contribution < -0.4 is 11.1 Å². The Bertz CT molecular complexity index is 654. The highest BCUT2D eigenvalue weighted by atomic mass is 79.9. The van der Waals surface area contributed by atoms with Gasteiger partial charge in [0, 0.05) is 32.8 Å². The van der Waals surface area contributed by atoms with E-state index in [0.29, 0.717) is 18.7 Å². The molecule has 0 radical (unpaired) electrons. The van der Waals surface area contributed by atoms with Gasteiger partial charge in [0.25, 0.3) is 5.91 Å². The van der Waals surface area contributed by atoms with Gasteiger partial charge in [-0.3, -0.25) is 4.79 Å². The molecule has 0 aliphatic carbocycles. The lowest BCUT2D eigenvalue weighted by atomic mass is 10.1. The van der Waals surface area contributed by atoms with Crippen LogP contribution in [-0.2, 0) is 6.54 Å². The standard InChI is InChI=1S/C18H21BrN2OS/c1-18(2,23-16-9-7-15(19)8-10-16)12-21-17(22)14-5-3-13(11-20)4-6-14/h3-10H,11-12,20H2,1-2H3,(H,21,22). The third-order valence-electron chi connectivity index (χ3n) is 3.33. The van der Waals surface area contributed by atoms with Crippen LogP contribution in [0.15, 0.2) is 57.9 Å². The van der Waals surface area contributed by atoms with Crippen molar-refractivity contribution in [3.63, 3.8) is 0 Å². The average molecular weight is 393 g/mol. The summed E-state index contributed by atoms with van der Waals surface area (Å²) in [5, 5.41) is 3.01. The van der Waals surface area contributed by atoms with Crippen LogP contribution in [0.4, 0.5) is 0 Å². The second kappa shape index (κ2) is 7.99. The maximum Gasteiger partial charge on any atom is 0.251 e. The van der Waals surface area contributed by atoms with Crippen molar-refractivity contribution in [3.05, 3.63) is 64.1 Å². The number of hydrogen-bond acceptors (Lipinski definition) is 3. The van der Waals surface area contributed by atoms with E-state index in [1.54, 1.807) is 11.8 Å². The molecule has 0 aliphatic heterocycles. The van der Waals surface area contributed by atoms with E-state index in [2.05, 4.69) is 47.2 Å². The first-order valence-electron chi connectivity index (χ1n) is 7.41. The van der Waals surface area contributed by atoms with Gasteiger partial charge in [0.15, 0.2) is 0 Å². The highest BCUT2D eigenvalue weighted by molar-refractivity contribution is 9.10. The molecule has 0 aliphatic rings. The third kappa shape index (κ3) is 5.68. The van der Waals surface area contributed by atoms with Crippen molar-refractivity contribution < 1.29 is 4.79 Å². The van der Waals surface area contributed by atoms with Crippen molar-refractivity contribution in [2.45, 2.75) is 30.0 Å². The number of benzene rings is 2. The molecule has 3 nitrogen and oxygen atoms in total. The van der Waals surface area contributed by atoms with E-state index >= 15 is 0 Å². The molecule has 0 fully saturated rings. The minimum Gasteiger partial charge on any atom is -0.351 e. The summed E-state index contributed by atoms with van der Waals surface area (Å²) >= 11 is 5.18. The Morgan fingerprint density at radius 1 is 1.13 bits per heavy atom. The van der Waals surface area contributed by atoms with Gasteiger partial charge in [-0.2, -0.15) is 0 Å². The van der Waals surface area contributed by atoms with Gasteiger partial charge in [-0.1, -0.05) is 28.1 Å².